The van der Waals surface area contributed by atoms with Gasteiger partial charge in [-0.1, -0.05) is 26.0 Å². The Morgan fingerprint density at radius 1 is 1.26 bits per heavy atom. The fraction of sp³-hybridized carbons (Fsp3) is 0.368. The minimum absolute atomic E-state index is 0.00331. The number of carbonyl (C=O) groups is 1. The van der Waals surface area contributed by atoms with Crippen LogP contribution in [-0.4, -0.2) is 10.9 Å². The van der Waals surface area contributed by atoms with Gasteiger partial charge in [-0.15, -0.1) is 0 Å². The summed E-state index contributed by atoms with van der Waals surface area (Å²) in [5.74, 6) is -0.279. The lowest BCUT2D eigenvalue weighted by molar-refractivity contribution is -0.124. The Morgan fingerprint density at radius 2 is 1.91 bits per heavy atom. The van der Waals surface area contributed by atoms with E-state index in [-0.39, 0.29) is 17.1 Å². The van der Waals surface area contributed by atoms with Crippen LogP contribution in [0.15, 0.2) is 42.6 Å². The summed E-state index contributed by atoms with van der Waals surface area (Å²) in [5, 5.41) is 3.04. The zero-order valence-electron chi connectivity index (χ0n) is 13.7. The SMILES string of the molecule is Cc1cc(CNC(=O)[C@]2(c3ccc(F)cc3)CC2(C)C)ccn1. The number of halogens is 1. The van der Waals surface area contributed by atoms with E-state index in [2.05, 4.69) is 24.1 Å². The molecular weight excluding hydrogens is 291 g/mol. The fourth-order valence-electron chi connectivity index (χ4n) is 3.41. The molecule has 1 N–H and O–H groups in total. The second-order valence-corrected chi connectivity index (χ2v) is 6.96. The molecule has 4 heteroatoms. The van der Waals surface area contributed by atoms with Gasteiger partial charge in [0.2, 0.25) is 5.91 Å². The van der Waals surface area contributed by atoms with Gasteiger partial charge < -0.3 is 5.32 Å². The van der Waals surface area contributed by atoms with Crippen LogP contribution in [0.2, 0.25) is 0 Å². The number of carbonyl (C=O) groups excluding carboxylic acids is 1. The quantitative estimate of drug-likeness (QED) is 0.938. The van der Waals surface area contributed by atoms with Crippen LogP contribution in [0.4, 0.5) is 4.39 Å². The summed E-state index contributed by atoms with van der Waals surface area (Å²) < 4.78 is 13.2. The Kier molecular flexibility index (Phi) is 3.71. The molecule has 1 atom stereocenters. The zero-order valence-corrected chi connectivity index (χ0v) is 13.7. The largest absolute Gasteiger partial charge is 0.351 e. The molecule has 0 unspecified atom stereocenters. The molecule has 0 bridgehead atoms. The predicted molar refractivity (Wildman–Crippen MR) is 87.3 cm³/mol. The van der Waals surface area contributed by atoms with Gasteiger partial charge in [-0.3, -0.25) is 9.78 Å². The molecule has 0 spiro atoms. The number of aromatic nitrogens is 1. The van der Waals surface area contributed by atoms with Crippen molar-refractivity contribution in [2.75, 3.05) is 0 Å². The maximum Gasteiger partial charge on any atom is 0.231 e. The van der Waals surface area contributed by atoms with E-state index in [4.69, 9.17) is 0 Å². The summed E-state index contributed by atoms with van der Waals surface area (Å²) in [4.78, 5) is 17.0. The highest BCUT2D eigenvalue weighted by atomic mass is 19.1. The first-order chi connectivity index (χ1) is 10.8. The Morgan fingerprint density at radius 3 is 2.48 bits per heavy atom. The van der Waals surface area contributed by atoms with Crippen LogP contribution >= 0.6 is 0 Å². The number of benzene rings is 1. The summed E-state index contributed by atoms with van der Waals surface area (Å²) in [6.07, 6.45) is 2.51. The summed E-state index contributed by atoms with van der Waals surface area (Å²) in [5.41, 5.74) is 2.15. The molecule has 120 valence electrons. The summed E-state index contributed by atoms with van der Waals surface area (Å²) in [6, 6.07) is 10.1. The Hall–Kier alpha value is -2.23. The second-order valence-electron chi connectivity index (χ2n) is 6.96. The highest BCUT2D eigenvalue weighted by Gasteiger charge is 2.66. The van der Waals surface area contributed by atoms with E-state index in [0.717, 1.165) is 23.2 Å². The van der Waals surface area contributed by atoms with Crippen molar-refractivity contribution in [3.05, 3.63) is 65.2 Å². The molecular formula is C19H21FN2O. The number of amides is 1. The van der Waals surface area contributed by atoms with Gasteiger partial charge in [-0.25, -0.2) is 4.39 Å². The molecule has 0 saturated heterocycles. The lowest BCUT2D eigenvalue weighted by atomic mass is 9.87. The van der Waals surface area contributed by atoms with Gasteiger partial charge >= 0.3 is 0 Å². The molecule has 2 aromatic rings. The molecule has 3 nitrogen and oxygen atoms in total. The molecule has 23 heavy (non-hydrogen) atoms. The molecule has 1 fully saturated rings. The van der Waals surface area contributed by atoms with E-state index in [1.807, 2.05) is 19.1 Å². The molecule has 1 aromatic heterocycles. The molecule has 1 aromatic carbocycles. The topological polar surface area (TPSA) is 42.0 Å². The van der Waals surface area contributed by atoms with Crippen molar-refractivity contribution in [3.63, 3.8) is 0 Å². The molecule has 0 radical (unpaired) electrons. The maximum absolute atomic E-state index is 13.2. The van der Waals surface area contributed by atoms with E-state index >= 15 is 0 Å². The lowest BCUT2D eigenvalue weighted by Crippen LogP contribution is -2.37. The minimum atomic E-state index is -0.567. The Balaban J connectivity index is 1.79. The third-order valence-electron chi connectivity index (χ3n) is 4.88. The number of aryl methyl sites for hydroxylation is 1. The van der Waals surface area contributed by atoms with E-state index < -0.39 is 5.41 Å². The van der Waals surface area contributed by atoms with Crippen molar-refractivity contribution >= 4 is 5.91 Å². The van der Waals surface area contributed by atoms with Crippen LogP contribution < -0.4 is 5.32 Å². The fourth-order valence-corrected chi connectivity index (χ4v) is 3.41. The van der Waals surface area contributed by atoms with Gasteiger partial charge in [0.1, 0.15) is 5.82 Å². The highest BCUT2D eigenvalue weighted by molar-refractivity contribution is 5.93. The number of hydrogen-bond donors (Lipinski definition) is 1. The molecule has 1 aliphatic carbocycles. The van der Waals surface area contributed by atoms with Gasteiger partial charge in [0.05, 0.1) is 5.41 Å². The third-order valence-corrected chi connectivity index (χ3v) is 4.88. The average Bonchev–Trinajstić information content (AvgIpc) is 3.10. The standard InChI is InChI=1S/C19H21FN2O/c1-13-10-14(8-9-21-13)11-22-17(23)19(12-18(19,2)3)15-4-6-16(20)7-5-15/h4-10H,11-12H2,1-3H3,(H,22,23)/t19-/m1/s1. The Labute approximate surface area is 135 Å². The van der Waals surface area contributed by atoms with Gasteiger partial charge in [0.25, 0.3) is 0 Å². The van der Waals surface area contributed by atoms with Crippen LogP contribution in [0.3, 0.4) is 0 Å². The van der Waals surface area contributed by atoms with Gasteiger partial charge in [0.15, 0.2) is 0 Å². The number of pyridine rings is 1. The molecule has 1 amide bonds. The van der Waals surface area contributed by atoms with Crippen molar-refractivity contribution < 1.29 is 9.18 Å². The van der Waals surface area contributed by atoms with Crippen molar-refractivity contribution in [1.29, 1.82) is 0 Å². The van der Waals surface area contributed by atoms with Gasteiger partial charge in [0, 0.05) is 18.4 Å². The minimum Gasteiger partial charge on any atom is -0.351 e. The maximum atomic E-state index is 13.2. The van der Waals surface area contributed by atoms with Crippen LogP contribution in [0.25, 0.3) is 0 Å². The number of rotatable bonds is 4. The number of nitrogens with zero attached hydrogens (tertiary/aromatic N) is 1. The number of hydrogen-bond acceptors (Lipinski definition) is 2. The van der Waals surface area contributed by atoms with Crippen LogP contribution in [0, 0.1) is 18.2 Å². The average molecular weight is 312 g/mol. The summed E-state index contributed by atoms with van der Waals surface area (Å²) in [6.45, 7) is 6.55. The van der Waals surface area contributed by atoms with Gasteiger partial charge in [-0.2, -0.15) is 0 Å². The normalized spacial score (nSPS) is 21.7. The summed E-state index contributed by atoms with van der Waals surface area (Å²) in [7, 11) is 0. The van der Waals surface area contributed by atoms with Crippen LogP contribution in [0.5, 0.6) is 0 Å². The molecule has 0 aliphatic heterocycles. The molecule has 1 saturated carbocycles. The zero-order chi connectivity index (χ0) is 16.7. The first-order valence-corrected chi connectivity index (χ1v) is 7.81. The number of nitrogens with one attached hydrogen (secondary N) is 1. The smallest absolute Gasteiger partial charge is 0.231 e. The first kappa shape index (κ1) is 15.7. The molecule has 1 heterocycles. The van der Waals surface area contributed by atoms with Crippen molar-refractivity contribution in [1.82, 2.24) is 10.3 Å². The second kappa shape index (κ2) is 5.44. The lowest BCUT2D eigenvalue weighted by Gasteiger charge is -2.21. The first-order valence-electron chi connectivity index (χ1n) is 7.81. The van der Waals surface area contributed by atoms with E-state index in [9.17, 15) is 9.18 Å². The summed E-state index contributed by atoms with van der Waals surface area (Å²) >= 11 is 0. The predicted octanol–water partition coefficient (Wildman–Crippen LogP) is 3.51. The Bertz CT molecular complexity index is 739. The van der Waals surface area contributed by atoms with E-state index in [1.165, 1.54) is 12.1 Å². The van der Waals surface area contributed by atoms with E-state index in [1.54, 1.807) is 18.3 Å². The van der Waals surface area contributed by atoms with Gasteiger partial charge in [-0.05, 0) is 54.2 Å². The van der Waals surface area contributed by atoms with Crippen LogP contribution in [0.1, 0.15) is 37.1 Å². The highest BCUT2D eigenvalue weighted by Crippen LogP contribution is 2.64. The van der Waals surface area contributed by atoms with Crippen molar-refractivity contribution in [2.45, 2.75) is 39.2 Å². The van der Waals surface area contributed by atoms with Crippen LogP contribution in [-0.2, 0) is 16.8 Å². The molecule has 1 aliphatic rings. The third kappa shape index (κ3) is 2.74. The van der Waals surface area contributed by atoms with Crippen molar-refractivity contribution in [3.8, 4) is 0 Å². The monoisotopic (exact) mass is 312 g/mol. The van der Waals surface area contributed by atoms with E-state index in [0.29, 0.717) is 6.54 Å². The van der Waals surface area contributed by atoms with Crippen molar-refractivity contribution in [2.24, 2.45) is 5.41 Å². The molecule has 3 rings (SSSR count).